The standard InChI is InChI=1S/C12H22N2OS/c1-10-9-16-6-5-14(10)12(15)7-11-3-2-4-13-8-11/h10-11,13H,2-9H2,1H3. The maximum atomic E-state index is 12.2. The van der Waals surface area contributed by atoms with Crippen LogP contribution < -0.4 is 5.32 Å². The first-order valence-corrected chi connectivity index (χ1v) is 7.51. The largest absolute Gasteiger partial charge is 0.338 e. The maximum absolute atomic E-state index is 12.2. The van der Waals surface area contributed by atoms with Crippen molar-refractivity contribution in [2.75, 3.05) is 31.1 Å². The van der Waals surface area contributed by atoms with E-state index in [1.165, 1.54) is 12.8 Å². The molecule has 0 bridgehead atoms. The molecule has 0 saturated carbocycles. The summed E-state index contributed by atoms with van der Waals surface area (Å²) in [7, 11) is 0. The summed E-state index contributed by atoms with van der Waals surface area (Å²) in [6, 6.07) is 0.433. The zero-order chi connectivity index (χ0) is 11.4. The van der Waals surface area contributed by atoms with Gasteiger partial charge in [0.25, 0.3) is 0 Å². The van der Waals surface area contributed by atoms with E-state index in [1.54, 1.807) is 0 Å². The highest BCUT2D eigenvalue weighted by molar-refractivity contribution is 7.99. The molecule has 2 heterocycles. The van der Waals surface area contributed by atoms with Crippen molar-refractivity contribution < 1.29 is 4.79 Å². The number of carbonyl (C=O) groups is 1. The van der Waals surface area contributed by atoms with Crippen molar-refractivity contribution in [1.82, 2.24) is 10.2 Å². The van der Waals surface area contributed by atoms with Gasteiger partial charge in [0.05, 0.1) is 0 Å². The minimum Gasteiger partial charge on any atom is -0.338 e. The van der Waals surface area contributed by atoms with E-state index in [4.69, 9.17) is 0 Å². The second-order valence-electron chi connectivity index (χ2n) is 4.93. The van der Waals surface area contributed by atoms with Gasteiger partial charge in [-0.25, -0.2) is 0 Å². The Kier molecular flexibility index (Phi) is 4.53. The van der Waals surface area contributed by atoms with Gasteiger partial charge >= 0.3 is 0 Å². The molecule has 0 aliphatic carbocycles. The monoisotopic (exact) mass is 242 g/mol. The predicted octanol–water partition coefficient (Wildman–Crippen LogP) is 1.34. The Morgan fingerprint density at radius 3 is 3.12 bits per heavy atom. The minimum atomic E-state index is 0.376. The van der Waals surface area contributed by atoms with Crippen molar-refractivity contribution in [3.05, 3.63) is 0 Å². The summed E-state index contributed by atoms with van der Waals surface area (Å²) in [5, 5.41) is 3.38. The highest BCUT2D eigenvalue weighted by atomic mass is 32.2. The van der Waals surface area contributed by atoms with E-state index in [0.29, 0.717) is 17.9 Å². The molecule has 0 aromatic heterocycles. The first-order valence-electron chi connectivity index (χ1n) is 6.35. The number of nitrogens with zero attached hydrogens (tertiary/aromatic N) is 1. The van der Waals surface area contributed by atoms with Gasteiger partial charge in [0.15, 0.2) is 0 Å². The summed E-state index contributed by atoms with van der Waals surface area (Å²) < 4.78 is 0. The zero-order valence-corrected chi connectivity index (χ0v) is 10.9. The summed E-state index contributed by atoms with van der Waals surface area (Å²) >= 11 is 1.96. The number of hydrogen-bond donors (Lipinski definition) is 1. The van der Waals surface area contributed by atoms with E-state index in [9.17, 15) is 4.79 Å². The SMILES string of the molecule is CC1CSCCN1C(=O)CC1CCCNC1. The summed E-state index contributed by atoms with van der Waals surface area (Å²) in [5.74, 6) is 3.16. The molecule has 3 nitrogen and oxygen atoms in total. The van der Waals surface area contributed by atoms with E-state index in [-0.39, 0.29) is 0 Å². The highest BCUT2D eigenvalue weighted by Crippen LogP contribution is 2.20. The molecule has 2 saturated heterocycles. The van der Waals surface area contributed by atoms with Crippen LogP contribution in [0.15, 0.2) is 0 Å². The molecule has 2 unspecified atom stereocenters. The Morgan fingerprint density at radius 2 is 2.44 bits per heavy atom. The molecule has 16 heavy (non-hydrogen) atoms. The van der Waals surface area contributed by atoms with E-state index >= 15 is 0 Å². The number of hydrogen-bond acceptors (Lipinski definition) is 3. The second-order valence-corrected chi connectivity index (χ2v) is 6.08. The van der Waals surface area contributed by atoms with Gasteiger partial charge in [0, 0.05) is 30.5 Å². The fourth-order valence-electron chi connectivity index (χ4n) is 2.56. The molecule has 2 atom stereocenters. The molecule has 2 aliphatic rings. The topological polar surface area (TPSA) is 32.3 Å². The van der Waals surface area contributed by atoms with Crippen LogP contribution in [-0.2, 0) is 4.79 Å². The summed E-state index contributed by atoms with van der Waals surface area (Å²) in [4.78, 5) is 14.3. The average Bonchev–Trinajstić information content (AvgIpc) is 2.31. The molecule has 0 spiro atoms. The molecule has 92 valence electrons. The molecule has 4 heteroatoms. The third-order valence-corrected chi connectivity index (χ3v) is 4.74. The van der Waals surface area contributed by atoms with E-state index in [0.717, 1.165) is 37.6 Å². The Morgan fingerprint density at radius 1 is 1.56 bits per heavy atom. The Hall–Kier alpha value is -0.220. The molecular formula is C12H22N2OS. The van der Waals surface area contributed by atoms with Crippen molar-refractivity contribution in [3.63, 3.8) is 0 Å². The number of piperidine rings is 1. The molecule has 2 aliphatic heterocycles. The number of rotatable bonds is 2. The lowest BCUT2D eigenvalue weighted by molar-refractivity contribution is -0.133. The fraction of sp³-hybridized carbons (Fsp3) is 0.917. The van der Waals surface area contributed by atoms with Gasteiger partial charge in [-0.3, -0.25) is 4.79 Å². The summed E-state index contributed by atoms with van der Waals surface area (Å²) in [5.41, 5.74) is 0. The first-order chi connectivity index (χ1) is 7.77. The Labute approximate surface area is 102 Å². The van der Waals surface area contributed by atoms with Gasteiger partial charge in [-0.1, -0.05) is 0 Å². The number of carbonyl (C=O) groups excluding carboxylic acids is 1. The number of nitrogens with one attached hydrogen (secondary N) is 1. The van der Waals surface area contributed by atoms with Crippen molar-refractivity contribution in [2.45, 2.75) is 32.2 Å². The minimum absolute atomic E-state index is 0.376. The van der Waals surface area contributed by atoms with Crippen LogP contribution in [0.25, 0.3) is 0 Å². The average molecular weight is 242 g/mol. The van der Waals surface area contributed by atoms with Crippen LogP contribution in [-0.4, -0.2) is 48.0 Å². The van der Waals surface area contributed by atoms with Gasteiger partial charge in [-0.2, -0.15) is 11.8 Å². The molecule has 0 aromatic rings. The lowest BCUT2D eigenvalue weighted by Crippen LogP contribution is -2.45. The third-order valence-electron chi connectivity index (χ3n) is 3.55. The molecule has 2 rings (SSSR count). The van der Waals surface area contributed by atoms with Crippen LogP contribution in [0.2, 0.25) is 0 Å². The smallest absolute Gasteiger partial charge is 0.223 e. The highest BCUT2D eigenvalue weighted by Gasteiger charge is 2.26. The van der Waals surface area contributed by atoms with Gasteiger partial charge in [0.2, 0.25) is 5.91 Å². The van der Waals surface area contributed by atoms with Crippen LogP contribution >= 0.6 is 11.8 Å². The molecule has 0 radical (unpaired) electrons. The molecular weight excluding hydrogens is 220 g/mol. The number of amides is 1. The van der Waals surface area contributed by atoms with Crippen molar-refractivity contribution in [1.29, 1.82) is 0 Å². The zero-order valence-electron chi connectivity index (χ0n) is 10.1. The third kappa shape index (κ3) is 3.14. The normalized spacial score (nSPS) is 31.4. The molecule has 0 aromatic carbocycles. The van der Waals surface area contributed by atoms with Crippen LogP contribution in [0.1, 0.15) is 26.2 Å². The predicted molar refractivity (Wildman–Crippen MR) is 68.7 cm³/mol. The van der Waals surface area contributed by atoms with Gasteiger partial charge in [-0.05, 0) is 38.8 Å². The summed E-state index contributed by atoms with van der Waals surface area (Å²) in [6.07, 6.45) is 3.20. The lowest BCUT2D eigenvalue weighted by atomic mass is 9.95. The second kappa shape index (κ2) is 5.92. The van der Waals surface area contributed by atoms with E-state index < -0.39 is 0 Å². The van der Waals surface area contributed by atoms with Crippen LogP contribution in [0.3, 0.4) is 0 Å². The van der Waals surface area contributed by atoms with E-state index in [2.05, 4.69) is 17.1 Å². The van der Waals surface area contributed by atoms with Crippen molar-refractivity contribution in [3.8, 4) is 0 Å². The Balaban J connectivity index is 1.81. The van der Waals surface area contributed by atoms with Gasteiger partial charge < -0.3 is 10.2 Å². The first kappa shape index (κ1) is 12.2. The summed E-state index contributed by atoms with van der Waals surface area (Å²) in [6.45, 7) is 5.28. The van der Waals surface area contributed by atoms with Crippen molar-refractivity contribution >= 4 is 17.7 Å². The van der Waals surface area contributed by atoms with Crippen molar-refractivity contribution in [2.24, 2.45) is 5.92 Å². The van der Waals surface area contributed by atoms with Crippen LogP contribution in [0.4, 0.5) is 0 Å². The van der Waals surface area contributed by atoms with Gasteiger partial charge in [0.1, 0.15) is 0 Å². The van der Waals surface area contributed by atoms with Crippen LogP contribution in [0, 0.1) is 5.92 Å². The quantitative estimate of drug-likeness (QED) is 0.793. The number of thioether (sulfide) groups is 1. The maximum Gasteiger partial charge on any atom is 0.223 e. The molecule has 2 fully saturated rings. The lowest BCUT2D eigenvalue weighted by Gasteiger charge is -2.34. The van der Waals surface area contributed by atoms with Crippen LogP contribution in [0.5, 0.6) is 0 Å². The Bertz CT molecular complexity index is 241. The molecule has 1 N–H and O–H groups in total. The fourth-order valence-corrected chi connectivity index (χ4v) is 3.57. The van der Waals surface area contributed by atoms with E-state index in [1.807, 2.05) is 11.8 Å². The van der Waals surface area contributed by atoms with Gasteiger partial charge in [-0.15, -0.1) is 0 Å². The molecule has 1 amide bonds.